The minimum Gasteiger partial charge on any atom is -0.480 e. The van der Waals surface area contributed by atoms with E-state index >= 15 is 0 Å². The van der Waals surface area contributed by atoms with Crippen molar-refractivity contribution in [3.05, 3.63) is 0 Å². The van der Waals surface area contributed by atoms with Crippen LogP contribution in [0.3, 0.4) is 0 Å². The molecule has 1 saturated heterocycles. The van der Waals surface area contributed by atoms with Gasteiger partial charge in [0.15, 0.2) is 0 Å². The first-order valence-electron chi connectivity index (χ1n) is 6.49. The molecule has 0 radical (unpaired) electrons. The van der Waals surface area contributed by atoms with Gasteiger partial charge in [-0.25, -0.2) is 9.59 Å². The predicted octanol–water partition coefficient (Wildman–Crippen LogP) is 1.69. The molecule has 6 heteroatoms. The first kappa shape index (κ1) is 13.5. The summed E-state index contributed by atoms with van der Waals surface area (Å²) in [5, 5.41) is 9.11. The molecule has 1 aliphatic heterocycles. The highest BCUT2D eigenvalue weighted by Gasteiger charge is 2.37. The molecule has 0 spiro atoms. The first-order valence-corrected chi connectivity index (χ1v) is 7.65. The van der Waals surface area contributed by atoms with Crippen molar-refractivity contribution in [2.45, 2.75) is 32.2 Å². The minimum absolute atomic E-state index is 0.0962. The zero-order chi connectivity index (χ0) is 13.1. The van der Waals surface area contributed by atoms with Crippen molar-refractivity contribution in [2.24, 2.45) is 5.92 Å². The Hall–Kier alpha value is -0.910. The molecule has 0 aromatic rings. The predicted molar refractivity (Wildman–Crippen MR) is 70.6 cm³/mol. The number of carboxylic acids is 1. The summed E-state index contributed by atoms with van der Waals surface area (Å²) in [5.74, 6) is 0.751. The van der Waals surface area contributed by atoms with Crippen molar-refractivity contribution in [1.82, 2.24) is 9.80 Å². The molecule has 0 aromatic carbocycles. The van der Waals surface area contributed by atoms with Gasteiger partial charge in [-0.2, -0.15) is 0 Å². The van der Waals surface area contributed by atoms with Crippen molar-refractivity contribution in [3.63, 3.8) is 0 Å². The summed E-state index contributed by atoms with van der Waals surface area (Å²) in [5.41, 5.74) is 0. The number of hydrogen-bond donors (Lipinski definition) is 1. The molecular weight excluding hydrogens is 252 g/mol. The lowest BCUT2D eigenvalue weighted by atomic mass is 10.3. The third-order valence-corrected chi connectivity index (χ3v) is 4.36. The number of thioether (sulfide) groups is 1. The summed E-state index contributed by atoms with van der Waals surface area (Å²) in [7, 11) is 0. The van der Waals surface area contributed by atoms with E-state index in [1.54, 1.807) is 0 Å². The zero-order valence-electron chi connectivity index (χ0n) is 10.7. The number of nitrogens with zero attached hydrogens (tertiary/aromatic N) is 2. The van der Waals surface area contributed by atoms with Crippen LogP contribution in [0.4, 0.5) is 4.79 Å². The fourth-order valence-corrected chi connectivity index (χ4v) is 3.30. The molecule has 18 heavy (non-hydrogen) atoms. The van der Waals surface area contributed by atoms with Gasteiger partial charge in [0.25, 0.3) is 0 Å². The van der Waals surface area contributed by atoms with Crippen molar-refractivity contribution < 1.29 is 14.7 Å². The SMILES string of the molecule is CCCN(CC1CC1)C(=O)N1CSC[C@H]1C(=O)O. The molecule has 2 amide bonds. The molecule has 1 N–H and O–H groups in total. The van der Waals surface area contributed by atoms with Gasteiger partial charge >= 0.3 is 12.0 Å². The smallest absolute Gasteiger partial charge is 0.327 e. The number of carbonyl (C=O) groups is 2. The number of hydrogen-bond acceptors (Lipinski definition) is 3. The second kappa shape index (κ2) is 5.82. The van der Waals surface area contributed by atoms with Gasteiger partial charge in [0.2, 0.25) is 0 Å². The van der Waals surface area contributed by atoms with Gasteiger partial charge < -0.3 is 14.9 Å². The summed E-state index contributed by atoms with van der Waals surface area (Å²) < 4.78 is 0. The maximum Gasteiger partial charge on any atom is 0.327 e. The van der Waals surface area contributed by atoms with E-state index in [1.165, 1.54) is 29.5 Å². The Morgan fingerprint density at radius 2 is 2.17 bits per heavy atom. The molecule has 1 atom stereocenters. The molecule has 2 rings (SSSR count). The lowest BCUT2D eigenvalue weighted by Gasteiger charge is -2.29. The highest BCUT2D eigenvalue weighted by atomic mass is 32.2. The van der Waals surface area contributed by atoms with Gasteiger partial charge in [-0.1, -0.05) is 6.92 Å². The van der Waals surface area contributed by atoms with Crippen LogP contribution in [0.2, 0.25) is 0 Å². The van der Waals surface area contributed by atoms with Crippen LogP contribution in [-0.2, 0) is 4.79 Å². The third-order valence-electron chi connectivity index (χ3n) is 3.35. The van der Waals surface area contributed by atoms with E-state index in [1.807, 2.05) is 11.8 Å². The molecule has 5 nitrogen and oxygen atoms in total. The minimum atomic E-state index is -0.892. The first-order chi connectivity index (χ1) is 8.63. The van der Waals surface area contributed by atoms with Gasteiger partial charge in [-0.15, -0.1) is 11.8 Å². The Morgan fingerprint density at radius 1 is 1.44 bits per heavy atom. The number of rotatable bonds is 5. The van der Waals surface area contributed by atoms with Crippen LogP contribution in [0, 0.1) is 5.92 Å². The third kappa shape index (κ3) is 3.10. The molecule has 102 valence electrons. The summed E-state index contributed by atoms with van der Waals surface area (Å²) in [6.07, 6.45) is 3.31. The van der Waals surface area contributed by atoms with E-state index in [0.29, 0.717) is 17.5 Å². The summed E-state index contributed by atoms with van der Waals surface area (Å²) >= 11 is 1.51. The Labute approximate surface area is 112 Å². The van der Waals surface area contributed by atoms with Gasteiger partial charge in [-0.3, -0.25) is 0 Å². The molecule has 1 saturated carbocycles. The normalized spacial score (nSPS) is 23.2. The van der Waals surface area contributed by atoms with Crippen LogP contribution < -0.4 is 0 Å². The van der Waals surface area contributed by atoms with E-state index in [9.17, 15) is 9.59 Å². The van der Waals surface area contributed by atoms with Crippen LogP contribution in [0.15, 0.2) is 0 Å². The Kier molecular flexibility index (Phi) is 4.37. The Morgan fingerprint density at radius 3 is 2.72 bits per heavy atom. The number of carbonyl (C=O) groups excluding carboxylic acids is 1. The van der Waals surface area contributed by atoms with Gasteiger partial charge in [0.05, 0.1) is 5.88 Å². The van der Waals surface area contributed by atoms with Gasteiger partial charge in [-0.05, 0) is 25.2 Å². The molecule has 2 fully saturated rings. The second-order valence-electron chi connectivity index (χ2n) is 5.00. The number of urea groups is 1. The van der Waals surface area contributed by atoms with E-state index in [0.717, 1.165) is 19.5 Å². The van der Waals surface area contributed by atoms with Crippen LogP contribution in [-0.4, -0.2) is 57.7 Å². The van der Waals surface area contributed by atoms with Crippen molar-refractivity contribution in [1.29, 1.82) is 0 Å². The van der Waals surface area contributed by atoms with Gasteiger partial charge in [0.1, 0.15) is 6.04 Å². The highest BCUT2D eigenvalue weighted by molar-refractivity contribution is 7.99. The van der Waals surface area contributed by atoms with Crippen LogP contribution >= 0.6 is 11.8 Å². The monoisotopic (exact) mass is 272 g/mol. The maximum absolute atomic E-state index is 12.4. The Balaban J connectivity index is 1.99. The van der Waals surface area contributed by atoms with Crippen LogP contribution in [0.25, 0.3) is 0 Å². The average Bonchev–Trinajstić information content (AvgIpc) is 3.01. The van der Waals surface area contributed by atoms with Crippen molar-refractivity contribution in [2.75, 3.05) is 24.7 Å². The molecular formula is C12H20N2O3S. The van der Waals surface area contributed by atoms with Crippen LogP contribution in [0.5, 0.6) is 0 Å². The van der Waals surface area contributed by atoms with E-state index in [4.69, 9.17) is 5.11 Å². The van der Waals surface area contributed by atoms with E-state index in [2.05, 4.69) is 0 Å². The number of carboxylic acid groups (broad SMARTS) is 1. The summed E-state index contributed by atoms with van der Waals surface area (Å²) in [6, 6.07) is -0.748. The highest BCUT2D eigenvalue weighted by Crippen LogP contribution is 2.31. The largest absolute Gasteiger partial charge is 0.480 e. The second-order valence-corrected chi connectivity index (χ2v) is 6.00. The molecule has 0 aromatic heterocycles. The zero-order valence-corrected chi connectivity index (χ0v) is 11.5. The standard InChI is InChI=1S/C12H20N2O3S/c1-2-5-13(6-9-3-4-9)12(17)14-8-18-7-10(14)11(15)16/h9-10H,2-8H2,1H3,(H,15,16)/t10-/m0/s1. The fourth-order valence-electron chi connectivity index (χ4n) is 2.16. The molecule has 2 aliphatic rings. The molecule has 1 heterocycles. The molecule has 0 bridgehead atoms. The topological polar surface area (TPSA) is 60.9 Å². The summed E-state index contributed by atoms with van der Waals surface area (Å²) in [4.78, 5) is 26.8. The van der Waals surface area contributed by atoms with E-state index in [-0.39, 0.29) is 6.03 Å². The van der Waals surface area contributed by atoms with Crippen LogP contribution in [0.1, 0.15) is 26.2 Å². The number of amides is 2. The maximum atomic E-state index is 12.4. The quantitative estimate of drug-likeness (QED) is 0.827. The van der Waals surface area contributed by atoms with Crippen molar-refractivity contribution >= 4 is 23.8 Å². The fraction of sp³-hybridized carbons (Fsp3) is 0.833. The lowest BCUT2D eigenvalue weighted by Crippen LogP contribution is -2.49. The van der Waals surface area contributed by atoms with E-state index < -0.39 is 12.0 Å². The molecule has 1 aliphatic carbocycles. The molecule has 0 unspecified atom stereocenters. The summed E-state index contributed by atoms with van der Waals surface area (Å²) in [6.45, 7) is 3.56. The number of aliphatic carboxylic acids is 1. The average molecular weight is 272 g/mol. The Bertz CT molecular complexity index is 333. The lowest BCUT2D eigenvalue weighted by molar-refractivity contribution is -0.140. The van der Waals surface area contributed by atoms with Gasteiger partial charge in [0, 0.05) is 18.8 Å². The van der Waals surface area contributed by atoms with Crippen molar-refractivity contribution in [3.8, 4) is 0 Å².